The van der Waals surface area contributed by atoms with Crippen LogP contribution in [0.2, 0.25) is 0 Å². The molecule has 1 aliphatic heterocycles. The van der Waals surface area contributed by atoms with Gasteiger partial charge in [-0.05, 0) is 84.3 Å². The van der Waals surface area contributed by atoms with Crippen LogP contribution >= 0.6 is 0 Å². The lowest BCUT2D eigenvalue weighted by atomic mass is 9.98. The van der Waals surface area contributed by atoms with Gasteiger partial charge in [0.15, 0.2) is 0 Å². The average Bonchev–Trinajstić information content (AvgIpc) is 0.990. The van der Waals surface area contributed by atoms with Gasteiger partial charge in [0.2, 0.25) is 65.0 Å². The van der Waals surface area contributed by atoms with E-state index in [2.05, 4.69) is 21.3 Å². The third-order valence-corrected chi connectivity index (χ3v) is 17.0. The first-order valence-electron chi connectivity index (χ1n) is 32.4. The Hall–Kier alpha value is -7.47. The molecule has 2 aromatic rings. The minimum absolute atomic E-state index is 0.00102. The Kier molecular flexibility index (Phi) is 31.4. The van der Waals surface area contributed by atoms with Gasteiger partial charge in [-0.2, -0.15) is 0 Å². The smallest absolute Gasteiger partial charge is 0.248 e. The number of benzene rings is 2. The van der Waals surface area contributed by atoms with Crippen molar-refractivity contribution in [3.63, 3.8) is 0 Å². The summed E-state index contributed by atoms with van der Waals surface area (Å²) in [4.78, 5) is 169. The quantitative estimate of drug-likeness (QED) is 0.160. The summed E-state index contributed by atoms with van der Waals surface area (Å²) in [6, 6.07) is 6.16. The van der Waals surface area contributed by atoms with Crippen LogP contribution in [0.5, 0.6) is 0 Å². The van der Waals surface area contributed by atoms with Gasteiger partial charge in [0.1, 0.15) is 48.3 Å². The predicted octanol–water partition coefficient (Wildman–Crippen LogP) is 3.55. The van der Waals surface area contributed by atoms with E-state index >= 15 is 4.79 Å². The number of amides is 11. The molecule has 0 saturated carbocycles. The van der Waals surface area contributed by atoms with Gasteiger partial charge in [0.05, 0.1) is 24.9 Å². The summed E-state index contributed by atoms with van der Waals surface area (Å²) in [6.45, 7) is 19.7. The van der Waals surface area contributed by atoms with Crippen LogP contribution in [0, 0.1) is 11.8 Å². The number of aliphatic hydroxyl groups is 1. The van der Waals surface area contributed by atoms with Crippen LogP contribution in [0.3, 0.4) is 0 Å². The molecule has 0 bridgehead atoms. The van der Waals surface area contributed by atoms with E-state index in [0.717, 1.165) is 24.2 Å². The van der Waals surface area contributed by atoms with E-state index in [0.29, 0.717) is 17.5 Å². The third kappa shape index (κ3) is 23.6. The van der Waals surface area contributed by atoms with E-state index in [1.807, 2.05) is 20.8 Å². The first kappa shape index (κ1) is 78.8. The SMILES string of the molecule is CCCCCC[C@@H]1NC(=O)[C@H](Cc2ccccc2)N(C)C(=O)[C@H](C)N(C)C(=O)C[C@H](C)NC(=O)[C@H](C(C)C)N(C)C(=O)[C@H](Cc2ccccc2)N(C)C(=O)[C@H](COC(C)(C)C)NC(=O)C[C@H](C)N(C)C(=O)CN(C)C(=O)[C@H]([C@@H](C)O)NC(=O)[C@H](CC(C)C)N(C)C1=O. The lowest BCUT2D eigenvalue weighted by Crippen LogP contribution is -2.61. The lowest BCUT2D eigenvalue weighted by molar-refractivity contribution is -0.151. The van der Waals surface area contributed by atoms with Crippen LogP contribution in [0.15, 0.2) is 60.7 Å². The zero-order valence-corrected chi connectivity index (χ0v) is 58.2. The zero-order chi connectivity index (χ0) is 69.6. The molecule has 0 spiro atoms. The minimum atomic E-state index is -1.60. The van der Waals surface area contributed by atoms with Crippen molar-refractivity contribution in [3.05, 3.63) is 71.8 Å². The molecule has 5 N–H and O–H groups in total. The number of likely N-dealkylation sites (N-methyl/N-ethyl adjacent to an activating group) is 7. The van der Waals surface area contributed by atoms with Crippen molar-refractivity contribution in [2.24, 2.45) is 11.8 Å². The first-order valence-corrected chi connectivity index (χ1v) is 32.4. The largest absolute Gasteiger partial charge is 0.391 e. The van der Waals surface area contributed by atoms with Gasteiger partial charge < -0.3 is 65.4 Å². The third-order valence-electron chi connectivity index (χ3n) is 17.0. The Labute approximate surface area is 546 Å². The molecule has 1 heterocycles. The molecule has 11 amide bonds. The molecule has 24 nitrogen and oxygen atoms in total. The van der Waals surface area contributed by atoms with Gasteiger partial charge in [-0.3, -0.25) is 52.7 Å². The van der Waals surface area contributed by atoms with Crippen LogP contribution in [0.1, 0.15) is 146 Å². The highest BCUT2D eigenvalue weighted by atomic mass is 16.5. The highest BCUT2D eigenvalue weighted by Gasteiger charge is 2.42. The molecule has 0 aliphatic carbocycles. The summed E-state index contributed by atoms with van der Waals surface area (Å²) in [7, 11) is 9.96. The molecule has 0 radical (unpaired) electrons. The molecular weight excluding hydrogens is 1180 g/mol. The Bertz CT molecular complexity index is 2800. The highest BCUT2D eigenvalue weighted by Crippen LogP contribution is 2.22. The maximum Gasteiger partial charge on any atom is 0.248 e. The van der Waals surface area contributed by atoms with E-state index in [1.165, 1.54) is 92.6 Å². The number of unbranched alkanes of at least 4 members (excludes halogenated alkanes) is 3. The van der Waals surface area contributed by atoms with Crippen molar-refractivity contribution in [1.29, 1.82) is 0 Å². The van der Waals surface area contributed by atoms with E-state index in [-0.39, 0.29) is 51.0 Å². The fraction of sp³-hybridized carbons (Fsp3) is 0.662. The van der Waals surface area contributed by atoms with E-state index < -0.39 is 150 Å². The van der Waals surface area contributed by atoms with Crippen molar-refractivity contribution in [2.45, 2.75) is 219 Å². The number of hydrogen-bond acceptors (Lipinski definition) is 13. The number of carbonyl (C=O) groups excluding carboxylic acids is 11. The van der Waals surface area contributed by atoms with Crippen LogP contribution in [-0.4, -0.2) is 239 Å². The Morgan fingerprint density at radius 1 is 0.543 bits per heavy atom. The molecule has 92 heavy (non-hydrogen) atoms. The van der Waals surface area contributed by atoms with E-state index in [9.17, 15) is 53.1 Å². The summed E-state index contributed by atoms with van der Waals surface area (Å²) < 4.78 is 6.08. The van der Waals surface area contributed by atoms with E-state index in [1.54, 1.807) is 109 Å². The summed E-state index contributed by atoms with van der Waals surface area (Å²) in [5, 5.41) is 22.4. The maximum absolute atomic E-state index is 15.1. The molecule has 3 rings (SSSR count). The molecular formula is C68H109N11O13. The normalized spacial score (nSPS) is 25.4. The Morgan fingerprint density at radius 3 is 1.59 bits per heavy atom. The molecule has 11 atom stereocenters. The number of hydrogen-bond donors (Lipinski definition) is 5. The summed E-state index contributed by atoms with van der Waals surface area (Å²) in [6.07, 6.45) is 1.13. The fourth-order valence-corrected chi connectivity index (χ4v) is 11.1. The molecule has 1 fully saturated rings. The Morgan fingerprint density at radius 2 is 1.07 bits per heavy atom. The zero-order valence-electron chi connectivity index (χ0n) is 58.2. The summed E-state index contributed by atoms with van der Waals surface area (Å²) in [5.74, 6) is -7.90. The molecule has 24 heteroatoms. The summed E-state index contributed by atoms with van der Waals surface area (Å²) >= 11 is 0. The lowest BCUT2D eigenvalue weighted by Gasteiger charge is -2.37. The molecule has 2 aromatic carbocycles. The van der Waals surface area contributed by atoms with Crippen LogP contribution in [0.25, 0.3) is 0 Å². The topological polar surface area (TPSA) is 288 Å². The number of carbonyl (C=O) groups is 11. The van der Waals surface area contributed by atoms with E-state index in [4.69, 9.17) is 4.74 Å². The van der Waals surface area contributed by atoms with Crippen molar-refractivity contribution in [3.8, 4) is 0 Å². The average molecular weight is 1290 g/mol. The van der Waals surface area contributed by atoms with Crippen LogP contribution < -0.4 is 21.3 Å². The monoisotopic (exact) mass is 1290 g/mol. The molecule has 1 aliphatic rings. The summed E-state index contributed by atoms with van der Waals surface area (Å²) in [5.41, 5.74) is 0.589. The highest BCUT2D eigenvalue weighted by molar-refractivity contribution is 5.98. The van der Waals surface area contributed by atoms with Crippen molar-refractivity contribution in [1.82, 2.24) is 55.6 Å². The van der Waals surface area contributed by atoms with Crippen LogP contribution in [-0.2, 0) is 70.3 Å². The Balaban J connectivity index is 2.24. The number of aliphatic hydroxyl groups excluding tert-OH is 1. The minimum Gasteiger partial charge on any atom is -0.391 e. The molecule has 1 saturated heterocycles. The van der Waals surface area contributed by atoms with Crippen LogP contribution in [0.4, 0.5) is 0 Å². The number of nitrogens with zero attached hydrogens (tertiary/aromatic N) is 7. The fourth-order valence-electron chi connectivity index (χ4n) is 11.1. The van der Waals surface area contributed by atoms with Crippen molar-refractivity contribution < 1.29 is 62.6 Å². The van der Waals surface area contributed by atoms with Crippen molar-refractivity contribution in [2.75, 3.05) is 62.5 Å². The van der Waals surface area contributed by atoms with Crippen molar-refractivity contribution >= 4 is 65.0 Å². The predicted molar refractivity (Wildman–Crippen MR) is 352 cm³/mol. The van der Waals surface area contributed by atoms with Gasteiger partial charge in [-0.1, -0.05) is 121 Å². The molecule has 514 valence electrons. The van der Waals surface area contributed by atoms with Gasteiger partial charge in [-0.15, -0.1) is 0 Å². The second kappa shape index (κ2) is 36.7. The maximum atomic E-state index is 15.1. The molecule has 0 aromatic heterocycles. The van der Waals surface area contributed by atoms with Gasteiger partial charge in [0, 0.05) is 87.1 Å². The standard InChI is InChI=1S/C68H109N11O13/c1-20-21-22-29-34-50-64(88)77(17)52(35-42(2)3)61(85)72-58(47(9)80)67(91)73(13)40-57(83)74(14)45(7)37-55(81)70-51(41-92-68(10,11)12)65(89)78(18)54(39-49-32-27-24-28-33-49)66(90)79(19)59(43(4)5)62(86)69-44(6)36-56(82)75(15)46(8)63(87)76(16)53(60(84)71-50)38-48-30-25-23-26-31-48/h23-28,30-33,42-47,50-54,58-59,80H,20-22,29,34-41H2,1-19H3,(H,69,86)(H,70,81)(H,71,84)(H,72,85)/t44-,45-,46-,47+,50-,51-,52-,53-,54-,58-,59-/m0/s1. The first-order chi connectivity index (χ1) is 42.9. The molecule has 0 unspecified atom stereocenters. The second-order valence-corrected chi connectivity index (χ2v) is 26.8. The van der Waals surface area contributed by atoms with Gasteiger partial charge in [0.25, 0.3) is 0 Å². The number of nitrogens with one attached hydrogen (secondary N) is 4. The number of ether oxygens (including phenoxy) is 1. The van der Waals surface area contributed by atoms with Gasteiger partial charge in [-0.25, -0.2) is 0 Å². The van der Waals surface area contributed by atoms with Gasteiger partial charge >= 0.3 is 0 Å². The second-order valence-electron chi connectivity index (χ2n) is 26.8. The number of rotatable bonds is 15.